The Kier molecular flexibility index (Phi) is 5.33. The smallest absolute Gasteiger partial charge is 0.255 e. The van der Waals surface area contributed by atoms with Gasteiger partial charge in [0.15, 0.2) is 0 Å². The van der Waals surface area contributed by atoms with Crippen LogP contribution in [0.4, 0.5) is 5.69 Å². The molecule has 0 saturated heterocycles. The molecule has 0 bridgehead atoms. The Balaban J connectivity index is 2.18. The van der Waals surface area contributed by atoms with Crippen molar-refractivity contribution in [3.8, 4) is 0 Å². The lowest BCUT2D eigenvalue weighted by molar-refractivity contribution is 0.0742. The van der Waals surface area contributed by atoms with E-state index in [1.807, 2.05) is 29.2 Å². The van der Waals surface area contributed by atoms with Crippen LogP contribution in [0.15, 0.2) is 47.2 Å². The summed E-state index contributed by atoms with van der Waals surface area (Å²) in [6.45, 7) is 3.33. The van der Waals surface area contributed by atoms with E-state index in [1.54, 1.807) is 18.5 Å². The number of amides is 1. The summed E-state index contributed by atoms with van der Waals surface area (Å²) in [6.07, 6.45) is 4.17. The molecule has 0 atom stereocenters. The summed E-state index contributed by atoms with van der Waals surface area (Å²) >= 11 is 3.35. The molecule has 1 aromatic heterocycles. The Labute approximate surface area is 133 Å². The van der Waals surface area contributed by atoms with Gasteiger partial charge in [0.2, 0.25) is 0 Å². The van der Waals surface area contributed by atoms with E-state index >= 15 is 0 Å². The van der Waals surface area contributed by atoms with Gasteiger partial charge in [-0.3, -0.25) is 9.78 Å². The summed E-state index contributed by atoms with van der Waals surface area (Å²) in [5, 5.41) is 0. The number of rotatable bonds is 5. The fourth-order valence-corrected chi connectivity index (χ4v) is 2.44. The van der Waals surface area contributed by atoms with Crippen LogP contribution in [-0.2, 0) is 6.54 Å². The van der Waals surface area contributed by atoms with Gasteiger partial charge >= 0.3 is 0 Å². The van der Waals surface area contributed by atoms with Crippen LogP contribution in [0, 0.1) is 0 Å². The highest BCUT2D eigenvalue weighted by atomic mass is 79.9. The molecular weight excluding hydrogens is 330 g/mol. The molecule has 0 radical (unpaired) electrons. The molecule has 2 N–H and O–H groups in total. The predicted molar refractivity (Wildman–Crippen MR) is 87.8 cm³/mol. The van der Waals surface area contributed by atoms with E-state index in [1.165, 1.54) is 0 Å². The molecule has 0 aliphatic heterocycles. The summed E-state index contributed by atoms with van der Waals surface area (Å²) in [5.74, 6) is -0.0116. The molecule has 0 spiro atoms. The number of hydrogen-bond acceptors (Lipinski definition) is 3. The monoisotopic (exact) mass is 347 g/mol. The van der Waals surface area contributed by atoms with Crippen LogP contribution in [0.1, 0.15) is 29.3 Å². The minimum absolute atomic E-state index is 0.0116. The first-order valence-corrected chi connectivity index (χ1v) is 7.63. The van der Waals surface area contributed by atoms with Gasteiger partial charge in [0, 0.05) is 35.6 Å². The van der Waals surface area contributed by atoms with Gasteiger partial charge in [-0.15, -0.1) is 0 Å². The van der Waals surface area contributed by atoms with E-state index < -0.39 is 0 Å². The highest BCUT2D eigenvalue weighted by molar-refractivity contribution is 9.10. The Morgan fingerprint density at radius 2 is 2.00 bits per heavy atom. The number of pyridine rings is 1. The summed E-state index contributed by atoms with van der Waals surface area (Å²) < 4.78 is 0.803. The van der Waals surface area contributed by atoms with Crippen molar-refractivity contribution in [1.82, 2.24) is 9.88 Å². The number of carbonyl (C=O) groups excluding carboxylic acids is 1. The molecule has 2 aromatic rings. The molecular formula is C16H18BrN3O. The summed E-state index contributed by atoms with van der Waals surface area (Å²) in [5.41, 5.74) is 8.07. The van der Waals surface area contributed by atoms with E-state index in [0.29, 0.717) is 18.7 Å². The zero-order valence-corrected chi connectivity index (χ0v) is 13.5. The van der Waals surface area contributed by atoms with Crippen LogP contribution in [0.5, 0.6) is 0 Å². The molecule has 0 saturated carbocycles. The molecule has 1 amide bonds. The zero-order valence-electron chi connectivity index (χ0n) is 11.9. The van der Waals surface area contributed by atoms with Crippen molar-refractivity contribution in [3.63, 3.8) is 0 Å². The second kappa shape index (κ2) is 7.22. The molecule has 1 aromatic carbocycles. The van der Waals surface area contributed by atoms with Crippen molar-refractivity contribution in [1.29, 1.82) is 0 Å². The summed E-state index contributed by atoms with van der Waals surface area (Å²) in [6, 6.07) is 9.39. The first kappa shape index (κ1) is 15.5. The van der Waals surface area contributed by atoms with Crippen LogP contribution < -0.4 is 5.73 Å². The molecule has 4 nitrogen and oxygen atoms in total. The molecule has 0 fully saturated rings. The number of carbonyl (C=O) groups is 1. The number of anilines is 1. The van der Waals surface area contributed by atoms with Gasteiger partial charge in [-0.1, -0.05) is 19.1 Å². The lowest BCUT2D eigenvalue weighted by atomic mass is 10.1. The SMILES string of the molecule is CCCN(Cc1ccc(N)cc1)C(=O)c1cncc(Br)c1. The molecule has 1 heterocycles. The topological polar surface area (TPSA) is 59.2 Å². The third-order valence-electron chi connectivity index (χ3n) is 3.09. The molecule has 0 aliphatic rings. The first-order chi connectivity index (χ1) is 10.1. The van der Waals surface area contributed by atoms with E-state index in [-0.39, 0.29) is 5.91 Å². The maximum atomic E-state index is 12.6. The van der Waals surface area contributed by atoms with Crippen LogP contribution in [0.3, 0.4) is 0 Å². The second-order valence-electron chi connectivity index (χ2n) is 4.86. The fourth-order valence-electron chi connectivity index (χ4n) is 2.08. The fraction of sp³-hybridized carbons (Fsp3) is 0.250. The average molecular weight is 348 g/mol. The second-order valence-corrected chi connectivity index (χ2v) is 5.78. The van der Waals surface area contributed by atoms with Crippen LogP contribution in [-0.4, -0.2) is 22.3 Å². The van der Waals surface area contributed by atoms with Crippen LogP contribution in [0.2, 0.25) is 0 Å². The average Bonchev–Trinajstić information content (AvgIpc) is 2.48. The van der Waals surface area contributed by atoms with Crippen molar-refractivity contribution in [2.24, 2.45) is 0 Å². The van der Waals surface area contributed by atoms with Crippen molar-refractivity contribution >= 4 is 27.5 Å². The number of halogens is 1. The van der Waals surface area contributed by atoms with Crippen molar-refractivity contribution < 1.29 is 4.79 Å². The van der Waals surface area contributed by atoms with E-state index in [9.17, 15) is 4.79 Å². The maximum absolute atomic E-state index is 12.6. The van der Waals surface area contributed by atoms with Gasteiger partial charge in [-0.05, 0) is 46.1 Å². The van der Waals surface area contributed by atoms with Crippen molar-refractivity contribution in [3.05, 3.63) is 58.3 Å². The number of hydrogen-bond donors (Lipinski definition) is 1. The van der Waals surface area contributed by atoms with Crippen LogP contribution >= 0.6 is 15.9 Å². The van der Waals surface area contributed by atoms with E-state index in [2.05, 4.69) is 27.8 Å². The van der Waals surface area contributed by atoms with Crippen LogP contribution in [0.25, 0.3) is 0 Å². The molecule has 110 valence electrons. The molecule has 0 aliphatic carbocycles. The largest absolute Gasteiger partial charge is 0.399 e. The molecule has 21 heavy (non-hydrogen) atoms. The third-order valence-corrected chi connectivity index (χ3v) is 3.52. The van der Waals surface area contributed by atoms with E-state index in [4.69, 9.17) is 5.73 Å². The number of benzene rings is 1. The standard InChI is InChI=1S/C16H18BrN3O/c1-2-7-20(11-12-3-5-15(18)6-4-12)16(21)13-8-14(17)10-19-9-13/h3-6,8-10H,2,7,11,18H2,1H3. The third kappa shape index (κ3) is 4.29. The lowest BCUT2D eigenvalue weighted by Gasteiger charge is -2.22. The maximum Gasteiger partial charge on any atom is 0.255 e. The van der Waals surface area contributed by atoms with Crippen molar-refractivity contribution in [2.45, 2.75) is 19.9 Å². The Hall–Kier alpha value is -1.88. The molecule has 5 heteroatoms. The number of aromatic nitrogens is 1. The lowest BCUT2D eigenvalue weighted by Crippen LogP contribution is -2.31. The Bertz CT molecular complexity index is 613. The minimum Gasteiger partial charge on any atom is -0.399 e. The van der Waals surface area contributed by atoms with Gasteiger partial charge in [0.1, 0.15) is 0 Å². The van der Waals surface area contributed by atoms with Gasteiger partial charge in [-0.2, -0.15) is 0 Å². The Morgan fingerprint density at radius 1 is 1.29 bits per heavy atom. The number of nitrogens with two attached hydrogens (primary N) is 1. The van der Waals surface area contributed by atoms with Gasteiger partial charge in [-0.25, -0.2) is 0 Å². The predicted octanol–water partition coefficient (Wildman–Crippen LogP) is 3.48. The highest BCUT2D eigenvalue weighted by Crippen LogP contribution is 2.15. The summed E-state index contributed by atoms with van der Waals surface area (Å²) in [7, 11) is 0. The number of nitrogen functional groups attached to an aromatic ring is 1. The van der Waals surface area contributed by atoms with Crippen molar-refractivity contribution in [2.75, 3.05) is 12.3 Å². The summed E-state index contributed by atoms with van der Waals surface area (Å²) in [4.78, 5) is 18.5. The van der Waals surface area contributed by atoms with Gasteiger partial charge < -0.3 is 10.6 Å². The zero-order chi connectivity index (χ0) is 15.2. The molecule has 2 rings (SSSR count). The first-order valence-electron chi connectivity index (χ1n) is 6.84. The number of nitrogens with zero attached hydrogens (tertiary/aromatic N) is 2. The Morgan fingerprint density at radius 3 is 2.62 bits per heavy atom. The van der Waals surface area contributed by atoms with Gasteiger partial charge in [0.05, 0.1) is 5.56 Å². The quantitative estimate of drug-likeness (QED) is 0.842. The van der Waals surface area contributed by atoms with E-state index in [0.717, 1.165) is 22.1 Å². The minimum atomic E-state index is -0.0116. The van der Waals surface area contributed by atoms with Gasteiger partial charge in [0.25, 0.3) is 5.91 Å². The normalized spacial score (nSPS) is 10.4. The highest BCUT2D eigenvalue weighted by Gasteiger charge is 2.16. The molecule has 0 unspecified atom stereocenters.